The van der Waals surface area contributed by atoms with Gasteiger partial charge in [-0.1, -0.05) is 66.9 Å². The summed E-state index contributed by atoms with van der Waals surface area (Å²) < 4.78 is 21.0. The fraction of sp³-hybridized carbons (Fsp3) is 0.375. The van der Waals surface area contributed by atoms with Gasteiger partial charge in [0, 0.05) is 24.3 Å². The quantitative estimate of drug-likeness (QED) is 0.484. The Kier molecular flexibility index (Phi) is 7.63. The number of benzene rings is 1. The van der Waals surface area contributed by atoms with Crippen LogP contribution in [0.15, 0.2) is 59.3 Å². The van der Waals surface area contributed by atoms with Crippen molar-refractivity contribution in [3.05, 3.63) is 77.3 Å². The zero-order valence-corrected chi connectivity index (χ0v) is 19.3. The van der Waals surface area contributed by atoms with Crippen molar-refractivity contribution in [3.8, 4) is 0 Å². The molecule has 0 amide bonds. The van der Waals surface area contributed by atoms with E-state index in [1.165, 1.54) is 42.6 Å². The van der Waals surface area contributed by atoms with Gasteiger partial charge in [-0.15, -0.1) is 0 Å². The summed E-state index contributed by atoms with van der Waals surface area (Å²) in [6, 6.07) is 10.3. The summed E-state index contributed by atoms with van der Waals surface area (Å²) in [6.07, 6.45) is 16.3. The number of phosphoric acid groups is 1. The molecule has 1 aliphatic carbocycles. The van der Waals surface area contributed by atoms with Crippen molar-refractivity contribution in [1.82, 2.24) is 10.1 Å². The van der Waals surface area contributed by atoms with Gasteiger partial charge in [0.25, 0.3) is 0 Å². The minimum Gasteiger partial charge on any atom is -0.356 e. The van der Waals surface area contributed by atoms with Crippen molar-refractivity contribution in [2.24, 2.45) is 11.7 Å². The largest absolute Gasteiger partial charge is 0.471 e. The molecular formula is C24H30N3O5P. The highest BCUT2D eigenvalue weighted by Gasteiger charge is 2.25. The summed E-state index contributed by atoms with van der Waals surface area (Å²) in [5.41, 5.74) is 9.98. The third-order valence-electron chi connectivity index (χ3n) is 6.02. The molecule has 1 saturated carbocycles. The molecule has 0 radical (unpaired) electrons. The normalized spacial score (nSPS) is 19.9. The average molecular weight is 471 g/mol. The van der Waals surface area contributed by atoms with E-state index >= 15 is 0 Å². The number of allylic oxidation sites excluding steroid dienone is 3. The lowest BCUT2D eigenvalue weighted by Gasteiger charge is -2.30. The predicted octanol–water partition coefficient (Wildman–Crippen LogP) is 4.42. The predicted molar refractivity (Wildman–Crippen MR) is 126 cm³/mol. The van der Waals surface area contributed by atoms with Gasteiger partial charge in [-0.05, 0) is 36.0 Å². The molecule has 2 aromatic rings. The van der Waals surface area contributed by atoms with Gasteiger partial charge in [0.2, 0.25) is 0 Å². The standard InChI is InChI=1S/C24H30N3O5P/c25-24-22(7-4-14-27(24)17-31-33(28,29)30)23-16-21(26-32-23)15-20-12-10-19(11-13-20)9-8-18-5-2-1-3-6-18/h4,7-14,16,18,24H,1-3,5-6,15,17,25H2,(H2,28,29,30)/b9-8+. The van der Waals surface area contributed by atoms with Crippen molar-refractivity contribution in [3.63, 3.8) is 0 Å². The van der Waals surface area contributed by atoms with Crippen LogP contribution < -0.4 is 5.73 Å². The second-order valence-corrected chi connectivity index (χ2v) is 9.77. The molecule has 1 aliphatic heterocycles. The third-order valence-corrected chi connectivity index (χ3v) is 6.48. The Morgan fingerprint density at radius 2 is 1.97 bits per heavy atom. The molecule has 0 spiro atoms. The van der Waals surface area contributed by atoms with E-state index in [1.807, 2.05) is 6.07 Å². The van der Waals surface area contributed by atoms with Crippen LogP contribution >= 0.6 is 7.82 Å². The van der Waals surface area contributed by atoms with Crippen molar-refractivity contribution >= 4 is 19.5 Å². The van der Waals surface area contributed by atoms with Crippen LogP contribution in [-0.2, 0) is 15.5 Å². The Morgan fingerprint density at radius 3 is 2.70 bits per heavy atom. The molecule has 4 N–H and O–H groups in total. The second-order valence-electron chi connectivity index (χ2n) is 8.53. The lowest BCUT2D eigenvalue weighted by atomic mass is 9.89. The number of rotatable bonds is 8. The van der Waals surface area contributed by atoms with Gasteiger partial charge in [-0.2, -0.15) is 0 Å². The number of nitrogens with zero attached hydrogens (tertiary/aromatic N) is 2. The Morgan fingerprint density at radius 1 is 1.21 bits per heavy atom. The lowest BCUT2D eigenvalue weighted by molar-refractivity contribution is 0.110. The fourth-order valence-electron chi connectivity index (χ4n) is 4.18. The van der Waals surface area contributed by atoms with E-state index in [-0.39, 0.29) is 6.73 Å². The molecule has 1 aromatic heterocycles. The number of hydrogen-bond donors (Lipinski definition) is 3. The minimum absolute atomic E-state index is 0.345. The number of nitrogens with two attached hydrogens (primary N) is 1. The number of phosphoric ester groups is 1. The molecule has 9 heteroatoms. The van der Waals surface area contributed by atoms with Crippen LogP contribution in [0.2, 0.25) is 0 Å². The van der Waals surface area contributed by atoms with Crippen LogP contribution in [0, 0.1) is 5.92 Å². The van der Waals surface area contributed by atoms with Crippen molar-refractivity contribution < 1.29 is 23.4 Å². The summed E-state index contributed by atoms with van der Waals surface area (Å²) in [5.74, 6) is 1.22. The average Bonchev–Trinajstić information content (AvgIpc) is 3.26. The molecule has 1 atom stereocenters. The summed E-state index contributed by atoms with van der Waals surface area (Å²) in [7, 11) is -4.59. The Hall–Kier alpha value is -2.48. The first-order chi connectivity index (χ1) is 15.9. The van der Waals surface area contributed by atoms with E-state index in [9.17, 15) is 4.57 Å². The molecule has 176 valence electrons. The first-order valence-corrected chi connectivity index (χ1v) is 12.7. The Labute approximate surface area is 193 Å². The smallest absolute Gasteiger partial charge is 0.356 e. The highest BCUT2D eigenvalue weighted by molar-refractivity contribution is 7.46. The van der Waals surface area contributed by atoms with Gasteiger partial charge in [-0.3, -0.25) is 4.52 Å². The number of aromatic nitrogens is 1. The molecule has 1 fully saturated rings. The Balaban J connectivity index is 1.35. The summed E-state index contributed by atoms with van der Waals surface area (Å²) in [4.78, 5) is 19.3. The molecule has 2 aliphatic rings. The molecule has 33 heavy (non-hydrogen) atoms. The van der Waals surface area contributed by atoms with Gasteiger partial charge in [-0.25, -0.2) is 4.57 Å². The second kappa shape index (κ2) is 10.6. The monoisotopic (exact) mass is 471 g/mol. The molecule has 8 nitrogen and oxygen atoms in total. The van der Waals surface area contributed by atoms with Gasteiger partial charge < -0.3 is 24.9 Å². The summed E-state index contributed by atoms with van der Waals surface area (Å²) in [5, 5.41) is 4.17. The van der Waals surface area contributed by atoms with E-state index in [1.54, 1.807) is 18.4 Å². The molecule has 0 saturated heterocycles. The van der Waals surface area contributed by atoms with Crippen molar-refractivity contribution in [2.45, 2.75) is 44.7 Å². The van der Waals surface area contributed by atoms with Crippen molar-refractivity contribution in [1.29, 1.82) is 0 Å². The SMILES string of the molecule is NC1C(c2cc(Cc3ccc(/C=C/C4CCCCC4)cc3)no2)=CC=CN1COP(=O)(O)O. The van der Waals surface area contributed by atoms with Crippen LogP contribution in [0.25, 0.3) is 11.6 Å². The van der Waals surface area contributed by atoms with E-state index < -0.39 is 14.0 Å². The van der Waals surface area contributed by atoms with E-state index in [2.05, 4.69) is 46.1 Å². The molecule has 0 bridgehead atoms. The highest BCUT2D eigenvalue weighted by Crippen LogP contribution is 2.36. The minimum atomic E-state index is -4.59. The highest BCUT2D eigenvalue weighted by atomic mass is 31.2. The van der Waals surface area contributed by atoms with Crippen LogP contribution in [0.5, 0.6) is 0 Å². The van der Waals surface area contributed by atoms with Crippen LogP contribution in [-0.4, -0.2) is 32.7 Å². The maximum Gasteiger partial charge on any atom is 0.471 e. The van der Waals surface area contributed by atoms with Gasteiger partial charge in [0.1, 0.15) is 12.9 Å². The maximum atomic E-state index is 11.0. The van der Waals surface area contributed by atoms with Crippen LogP contribution in [0.3, 0.4) is 0 Å². The van der Waals surface area contributed by atoms with Crippen LogP contribution in [0.1, 0.15) is 54.7 Å². The van der Waals surface area contributed by atoms with Gasteiger partial charge in [0.15, 0.2) is 5.76 Å². The Bertz CT molecular complexity index is 1060. The van der Waals surface area contributed by atoms with Gasteiger partial charge >= 0.3 is 7.82 Å². The molecule has 4 rings (SSSR count). The molecule has 1 unspecified atom stereocenters. The molecule has 1 aromatic carbocycles. The van der Waals surface area contributed by atoms with Crippen molar-refractivity contribution in [2.75, 3.05) is 6.73 Å². The zero-order valence-electron chi connectivity index (χ0n) is 18.4. The first kappa shape index (κ1) is 23.7. The topological polar surface area (TPSA) is 122 Å². The summed E-state index contributed by atoms with van der Waals surface area (Å²) in [6.45, 7) is -0.345. The summed E-state index contributed by atoms with van der Waals surface area (Å²) >= 11 is 0. The zero-order chi connectivity index (χ0) is 23.3. The first-order valence-electron chi connectivity index (χ1n) is 11.2. The third kappa shape index (κ3) is 6.76. The fourth-order valence-corrected chi connectivity index (χ4v) is 4.46. The molecule has 2 heterocycles. The maximum absolute atomic E-state index is 11.0. The van der Waals surface area contributed by atoms with E-state index in [0.717, 1.165) is 11.3 Å². The number of hydrogen-bond acceptors (Lipinski definition) is 6. The van der Waals surface area contributed by atoms with Gasteiger partial charge in [0.05, 0.1) is 5.69 Å². The lowest BCUT2D eigenvalue weighted by Crippen LogP contribution is -2.41. The van der Waals surface area contributed by atoms with E-state index in [0.29, 0.717) is 23.7 Å². The molecular weight excluding hydrogens is 441 g/mol. The van der Waals surface area contributed by atoms with E-state index in [4.69, 9.17) is 20.0 Å². The van der Waals surface area contributed by atoms with Crippen LogP contribution in [0.4, 0.5) is 0 Å².